The predicted molar refractivity (Wildman–Crippen MR) is 99.8 cm³/mol. The summed E-state index contributed by atoms with van der Waals surface area (Å²) in [6, 6.07) is 14.6. The highest BCUT2D eigenvalue weighted by Gasteiger charge is 2.12. The van der Waals surface area contributed by atoms with Crippen molar-refractivity contribution < 1.29 is 19.1 Å². The van der Waals surface area contributed by atoms with Crippen molar-refractivity contribution >= 4 is 17.6 Å². The van der Waals surface area contributed by atoms with E-state index in [9.17, 15) is 9.59 Å². The molecule has 1 N–H and O–H groups in total. The second kappa shape index (κ2) is 8.18. The summed E-state index contributed by atoms with van der Waals surface area (Å²) in [4.78, 5) is 23.7. The number of nitrogens with zero attached hydrogens (tertiary/aromatic N) is 2. The molecule has 0 aliphatic heterocycles. The number of aryl methyl sites for hydroxylation is 2. The average molecular weight is 365 g/mol. The third-order valence-electron chi connectivity index (χ3n) is 3.67. The Morgan fingerprint density at radius 1 is 1.04 bits per heavy atom. The number of rotatable bonds is 6. The van der Waals surface area contributed by atoms with Gasteiger partial charge >= 0.3 is 5.97 Å². The molecular formula is C20H19N3O4. The summed E-state index contributed by atoms with van der Waals surface area (Å²) in [5.41, 5.74) is 2.03. The smallest absolute Gasteiger partial charge is 0.341 e. The highest BCUT2D eigenvalue weighted by Crippen LogP contribution is 2.23. The second-order valence-corrected chi connectivity index (χ2v) is 5.97. The number of amides is 1. The summed E-state index contributed by atoms with van der Waals surface area (Å²) >= 11 is 0. The molecule has 1 amide bonds. The van der Waals surface area contributed by atoms with Gasteiger partial charge in [0, 0.05) is 18.9 Å². The predicted octanol–water partition coefficient (Wildman–Crippen LogP) is 3.32. The number of aromatic nitrogens is 2. The number of anilines is 1. The van der Waals surface area contributed by atoms with Gasteiger partial charge in [-0.15, -0.1) is 0 Å². The van der Waals surface area contributed by atoms with Gasteiger partial charge < -0.3 is 14.8 Å². The molecule has 0 bridgehead atoms. The fourth-order valence-electron chi connectivity index (χ4n) is 2.29. The Morgan fingerprint density at radius 3 is 2.26 bits per heavy atom. The van der Waals surface area contributed by atoms with Gasteiger partial charge in [-0.05, 0) is 43.3 Å². The van der Waals surface area contributed by atoms with Gasteiger partial charge in [0.2, 0.25) is 0 Å². The van der Waals surface area contributed by atoms with Crippen LogP contribution < -0.4 is 10.1 Å². The highest BCUT2D eigenvalue weighted by atomic mass is 16.5. The van der Waals surface area contributed by atoms with E-state index in [0.717, 1.165) is 11.3 Å². The molecule has 7 nitrogen and oxygen atoms in total. The third kappa shape index (κ3) is 5.18. The van der Waals surface area contributed by atoms with Crippen molar-refractivity contribution in [3.8, 4) is 11.5 Å². The molecule has 0 atom stereocenters. The molecule has 0 saturated heterocycles. The van der Waals surface area contributed by atoms with Crippen LogP contribution in [-0.2, 0) is 16.6 Å². The monoisotopic (exact) mass is 365 g/mol. The first-order valence-electron chi connectivity index (χ1n) is 8.30. The Morgan fingerprint density at radius 2 is 1.67 bits per heavy atom. The Kier molecular flexibility index (Phi) is 5.51. The van der Waals surface area contributed by atoms with E-state index in [1.165, 1.54) is 17.1 Å². The number of carbonyl (C=O) groups excluding carboxylic acids is 2. The van der Waals surface area contributed by atoms with Gasteiger partial charge in [0.05, 0.1) is 11.8 Å². The fourth-order valence-corrected chi connectivity index (χ4v) is 2.29. The van der Waals surface area contributed by atoms with E-state index in [1.54, 1.807) is 31.3 Å². The largest absolute Gasteiger partial charge is 0.457 e. The maximum absolute atomic E-state index is 11.9. The highest BCUT2D eigenvalue weighted by molar-refractivity contribution is 5.95. The van der Waals surface area contributed by atoms with Gasteiger partial charge in [-0.2, -0.15) is 5.10 Å². The van der Waals surface area contributed by atoms with Crippen molar-refractivity contribution in [1.82, 2.24) is 9.78 Å². The lowest BCUT2D eigenvalue weighted by Gasteiger charge is -2.08. The van der Waals surface area contributed by atoms with Crippen LogP contribution >= 0.6 is 0 Å². The number of benzene rings is 2. The van der Waals surface area contributed by atoms with Crippen molar-refractivity contribution in [3.05, 3.63) is 72.1 Å². The van der Waals surface area contributed by atoms with E-state index < -0.39 is 11.9 Å². The number of nitrogens with one attached hydrogen (secondary N) is 1. The van der Waals surface area contributed by atoms with E-state index in [1.807, 2.05) is 31.2 Å². The molecule has 2 aromatic carbocycles. The molecule has 0 saturated carbocycles. The molecule has 0 unspecified atom stereocenters. The van der Waals surface area contributed by atoms with Crippen LogP contribution in [0.15, 0.2) is 60.9 Å². The normalized spacial score (nSPS) is 10.3. The van der Waals surface area contributed by atoms with Gasteiger partial charge in [-0.1, -0.05) is 17.7 Å². The first-order chi connectivity index (χ1) is 13.0. The van der Waals surface area contributed by atoms with Crippen LogP contribution in [0.5, 0.6) is 11.5 Å². The van der Waals surface area contributed by atoms with Crippen molar-refractivity contribution in [2.45, 2.75) is 6.92 Å². The number of ether oxygens (including phenoxy) is 2. The first kappa shape index (κ1) is 18.2. The van der Waals surface area contributed by atoms with E-state index in [4.69, 9.17) is 9.47 Å². The van der Waals surface area contributed by atoms with Gasteiger partial charge in [0.15, 0.2) is 6.61 Å². The lowest BCUT2D eigenvalue weighted by Crippen LogP contribution is -2.20. The molecule has 1 heterocycles. The van der Waals surface area contributed by atoms with E-state index in [-0.39, 0.29) is 6.61 Å². The molecule has 1 aromatic heterocycles. The zero-order chi connectivity index (χ0) is 19.2. The minimum Gasteiger partial charge on any atom is -0.457 e. The Hall–Kier alpha value is -3.61. The SMILES string of the molecule is Cc1ccc(Oc2ccc(NC(=O)COC(=O)c3cnn(C)c3)cc2)cc1. The lowest BCUT2D eigenvalue weighted by molar-refractivity contribution is -0.119. The first-order valence-corrected chi connectivity index (χ1v) is 8.30. The number of carbonyl (C=O) groups is 2. The summed E-state index contributed by atoms with van der Waals surface area (Å²) in [6.45, 7) is 1.63. The maximum Gasteiger partial charge on any atom is 0.341 e. The maximum atomic E-state index is 11.9. The molecule has 138 valence electrons. The number of hydrogen-bond donors (Lipinski definition) is 1. The molecule has 0 radical (unpaired) electrons. The van der Waals surface area contributed by atoms with Gasteiger partial charge in [-0.3, -0.25) is 9.48 Å². The van der Waals surface area contributed by atoms with Crippen molar-refractivity contribution in [1.29, 1.82) is 0 Å². The minimum absolute atomic E-state index is 0.294. The van der Waals surface area contributed by atoms with Crippen LogP contribution in [0.4, 0.5) is 5.69 Å². The number of hydrogen-bond acceptors (Lipinski definition) is 5. The molecule has 0 spiro atoms. The van der Waals surface area contributed by atoms with Crippen molar-refractivity contribution in [2.75, 3.05) is 11.9 Å². The standard InChI is InChI=1S/C20H19N3O4/c1-14-3-7-17(8-4-14)27-18-9-5-16(6-10-18)22-19(24)13-26-20(25)15-11-21-23(2)12-15/h3-12H,13H2,1-2H3,(H,22,24). The van der Waals surface area contributed by atoms with E-state index >= 15 is 0 Å². The summed E-state index contributed by atoms with van der Waals surface area (Å²) in [5, 5.41) is 6.54. The summed E-state index contributed by atoms with van der Waals surface area (Å²) < 4.78 is 12.2. The molecule has 3 aromatic rings. The van der Waals surface area contributed by atoms with Crippen LogP contribution in [0.2, 0.25) is 0 Å². The minimum atomic E-state index is -0.597. The Balaban J connectivity index is 1.49. The van der Waals surface area contributed by atoms with Crippen LogP contribution in [-0.4, -0.2) is 28.3 Å². The van der Waals surface area contributed by atoms with Gasteiger partial charge in [0.25, 0.3) is 5.91 Å². The van der Waals surface area contributed by atoms with Gasteiger partial charge in [-0.25, -0.2) is 4.79 Å². The molecule has 7 heteroatoms. The molecular weight excluding hydrogens is 346 g/mol. The molecule has 0 aliphatic rings. The van der Waals surface area contributed by atoms with Crippen LogP contribution in [0.3, 0.4) is 0 Å². The van der Waals surface area contributed by atoms with Crippen LogP contribution in [0.1, 0.15) is 15.9 Å². The molecule has 0 aliphatic carbocycles. The topological polar surface area (TPSA) is 82.4 Å². The van der Waals surface area contributed by atoms with Gasteiger partial charge in [0.1, 0.15) is 11.5 Å². The Labute approximate surface area is 156 Å². The van der Waals surface area contributed by atoms with Crippen LogP contribution in [0.25, 0.3) is 0 Å². The Bertz CT molecular complexity index is 931. The zero-order valence-corrected chi connectivity index (χ0v) is 15.0. The summed E-state index contributed by atoms with van der Waals surface area (Å²) in [7, 11) is 1.69. The fraction of sp³-hybridized carbons (Fsp3) is 0.150. The van der Waals surface area contributed by atoms with Crippen LogP contribution in [0, 0.1) is 6.92 Å². The molecule has 0 fully saturated rings. The lowest BCUT2D eigenvalue weighted by atomic mass is 10.2. The van der Waals surface area contributed by atoms with Crippen molar-refractivity contribution in [2.24, 2.45) is 7.05 Å². The van der Waals surface area contributed by atoms with Crippen molar-refractivity contribution in [3.63, 3.8) is 0 Å². The quantitative estimate of drug-likeness (QED) is 0.678. The van der Waals surface area contributed by atoms with E-state index in [0.29, 0.717) is 17.0 Å². The zero-order valence-electron chi connectivity index (χ0n) is 15.0. The third-order valence-corrected chi connectivity index (χ3v) is 3.67. The number of esters is 1. The average Bonchev–Trinajstić information content (AvgIpc) is 3.10. The second-order valence-electron chi connectivity index (χ2n) is 5.97. The summed E-state index contributed by atoms with van der Waals surface area (Å²) in [6.07, 6.45) is 2.90. The van der Waals surface area contributed by atoms with E-state index in [2.05, 4.69) is 10.4 Å². The molecule has 27 heavy (non-hydrogen) atoms. The molecule has 3 rings (SSSR count). The summed E-state index contributed by atoms with van der Waals surface area (Å²) in [5.74, 6) is 0.360.